The largest absolute Gasteiger partial charge is 0.444 e. The van der Waals surface area contributed by atoms with Crippen molar-refractivity contribution in [1.29, 1.82) is 0 Å². The van der Waals surface area contributed by atoms with E-state index in [0.29, 0.717) is 0 Å². The number of hydrogen-bond acceptors (Lipinski definition) is 3. The van der Waals surface area contributed by atoms with Gasteiger partial charge in [-0.3, -0.25) is 5.32 Å². The summed E-state index contributed by atoms with van der Waals surface area (Å²) in [6.07, 6.45) is 3.03. The van der Waals surface area contributed by atoms with Gasteiger partial charge in [0.1, 0.15) is 5.60 Å². The average molecular weight is 320 g/mol. The Bertz CT molecular complexity index is 459. The highest BCUT2D eigenvalue weighted by molar-refractivity contribution is 5.84. The molecule has 0 aliphatic heterocycles. The lowest BCUT2D eigenvalue weighted by atomic mass is 10.0. The van der Waals surface area contributed by atoms with Crippen LogP contribution >= 0.6 is 0 Å². The molecule has 130 valence electrons. The van der Waals surface area contributed by atoms with Crippen LogP contribution in [0.15, 0.2) is 24.3 Å². The first-order valence-electron chi connectivity index (χ1n) is 8.63. The molecule has 23 heavy (non-hydrogen) atoms. The average Bonchev–Trinajstić information content (AvgIpc) is 2.47. The number of hydrogen-bond donors (Lipinski definition) is 2. The molecule has 2 N–H and O–H groups in total. The Balaban J connectivity index is 2.34. The molecule has 0 atom stereocenters. The van der Waals surface area contributed by atoms with Crippen LogP contribution in [0, 0.1) is 5.92 Å². The maximum atomic E-state index is 11.7. The fourth-order valence-corrected chi connectivity index (χ4v) is 2.29. The third kappa shape index (κ3) is 8.60. The topological polar surface area (TPSA) is 50.4 Å². The first-order chi connectivity index (χ1) is 10.8. The third-order valence-electron chi connectivity index (χ3n) is 3.78. The normalized spacial score (nSPS) is 11.6. The van der Waals surface area contributed by atoms with Gasteiger partial charge in [-0.25, -0.2) is 4.79 Å². The molecule has 0 fully saturated rings. The van der Waals surface area contributed by atoms with Crippen molar-refractivity contribution < 1.29 is 9.53 Å². The van der Waals surface area contributed by atoms with Crippen LogP contribution < -0.4 is 10.6 Å². The summed E-state index contributed by atoms with van der Waals surface area (Å²) in [5, 5.41) is 6.26. The highest BCUT2D eigenvalue weighted by Gasteiger charge is 2.16. The molecule has 0 aliphatic carbocycles. The number of benzene rings is 1. The maximum Gasteiger partial charge on any atom is 0.412 e. The molecular weight excluding hydrogens is 288 g/mol. The molecule has 0 bridgehead atoms. The lowest BCUT2D eigenvalue weighted by Crippen LogP contribution is -2.27. The van der Waals surface area contributed by atoms with E-state index in [4.69, 9.17) is 4.74 Å². The first-order valence-corrected chi connectivity index (χ1v) is 8.63. The molecular formula is C19H32N2O2. The summed E-state index contributed by atoms with van der Waals surface area (Å²) in [7, 11) is 0. The second-order valence-electron chi connectivity index (χ2n) is 6.96. The van der Waals surface area contributed by atoms with Crippen molar-refractivity contribution in [1.82, 2.24) is 5.32 Å². The Kier molecular flexibility index (Phi) is 8.10. The van der Waals surface area contributed by atoms with Crippen molar-refractivity contribution in [2.24, 2.45) is 5.92 Å². The Labute approximate surface area is 141 Å². The molecule has 0 spiro atoms. The smallest absolute Gasteiger partial charge is 0.412 e. The van der Waals surface area contributed by atoms with Crippen LogP contribution in [0.1, 0.15) is 53.0 Å². The minimum Gasteiger partial charge on any atom is -0.444 e. The van der Waals surface area contributed by atoms with Gasteiger partial charge in [-0.15, -0.1) is 0 Å². The van der Waals surface area contributed by atoms with E-state index in [9.17, 15) is 4.79 Å². The standard InChI is InChI=1S/C19H32N2O2/c1-6-15(7-2)14-20-13-12-16-8-10-17(11-9-16)21-18(22)23-19(3,4)5/h8-11,15,20H,6-7,12-14H2,1-5H3,(H,21,22). The molecule has 0 aliphatic rings. The van der Waals surface area contributed by atoms with E-state index in [2.05, 4.69) is 24.5 Å². The van der Waals surface area contributed by atoms with Crippen LogP contribution in [-0.2, 0) is 11.2 Å². The second-order valence-corrected chi connectivity index (χ2v) is 6.96. The Morgan fingerprint density at radius 3 is 2.26 bits per heavy atom. The van der Waals surface area contributed by atoms with E-state index in [1.807, 2.05) is 45.0 Å². The van der Waals surface area contributed by atoms with Crippen LogP contribution in [-0.4, -0.2) is 24.8 Å². The molecule has 4 nitrogen and oxygen atoms in total. The van der Waals surface area contributed by atoms with Gasteiger partial charge in [0, 0.05) is 5.69 Å². The van der Waals surface area contributed by atoms with E-state index in [0.717, 1.165) is 31.1 Å². The van der Waals surface area contributed by atoms with Gasteiger partial charge in [0.25, 0.3) is 0 Å². The first kappa shape index (κ1) is 19.5. The van der Waals surface area contributed by atoms with Gasteiger partial charge in [0.05, 0.1) is 0 Å². The lowest BCUT2D eigenvalue weighted by Gasteiger charge is -2.19. The lowest BCUT2D eigenvalue weighted by molar-refractivity contribution is 0.0636. The molecule has 0 heterocycles. The molecule has 0 saturated heterocycles. The van der Waals surface area contributed by atoms with Crippen LogP contribution in [0.5, 0.6) is 0 Å². The molecule has 4 heteroatoms. The fraction of sp³-hybridized carbons (Fsp3) is 0.632. The van der Waals surface area contributed by atoms with Gasteiger partial charge < -0.3 is 10.1 Å². The minimum absolute atomic E-state index is 0.419. The highest BCUT2D eigenvalue weighted by Crippen LogP contribution is 2.13. The van der Waals surface area contributed by atoms with Gasteiger partial charge in [-0.2, -0.15) is 0 Å². The van der Waals surface area contributed by atoms with Gasteiger partial charge in [-0.1, -0.05) is 38.8 Å². The van der Waals surface area contributed by atoms with Crippen molar-refractivity contribution in [3.8, 4) is 0 Å². The van der Waals surface area contributed by atoms with Crippen LogP contribution in [0.2, 0.25) is 0 Å². The molecule has 1 aromatic carbocycles. The van der Waals surface area contributed by atoms with Crippen molar-refractivity contribution >= 4 is 11.8 Å². The van der Waals surface area contributed by atoms with Crippen LogP contribution in [0.25, 0.3) is 0 Å². The van der Waals surface area contributed by atoms with Gasteiger partial charge in [0.15, 0.2) is 0 Å². The monoisotopic (exact) mass is 320 g/mol. The summed E-state index contributed by atoms with van der Waals surface area (Å²) in [5.74, 6) is 0.774. The number of anilines is 1. The third-order valence-corrected chi connectivity index (χ3v) is 3.78. The maximum absolute atomic E-state index is 11.7. The van der Waals surface area contributed by atoms with Gasteiger partial charge in [0.2, 0.25) is 0 Å². The summed E-state index contributed by atoms with van der Waals surface area (Å²) >= 11 is 0. The highest BCUT2D eigenvalue weighted by atomic mass is 16.6. The Morgan fingerprint density at radius 2 is 1.74 bits per heavy atom. The van der Waals surface area contributed by atoms with Crippen molar-refractivity contribution in [3.05, 3.63) is 29.8 Å². The zero-order valence-electron chi connectivity index (χ0n) is 15.2. The number of ether oxygens (including phenoxy) is 1. The number of carbonyl (C=O) groups is 1. The Hall–Kier alpha value is -1.55. The summed E-state index contributed by atoms with van der Waals surface area (Å²) < 4.78 is 5.23. The van der Waals surface area contributed by atoms with E-state index in [1.54, 1.807) is 0 Å². The molecule has 0 unspecified atom stereocenters. The van der Waals surface area contributed by atoms with Crippen molar-refractivity contribution in [3.63, 3.8) is 0 Å². The van der Waals surface area contributed by atoms with Crippen LogP contribution in [0.4, 0.5) is 10.5 Å². The second kappa shape index (κ2) is 9.56. The number of nitrogens with one attached hydrogen (secondary N) is 2. The van der Waals surface area contributed by atoms with Crippen molar-refractivity contribution in [2.45, 2.75) is 59.5 Å². The quantitative estimate of drug-likeness (QED) is 0.688. The van der Waals surface area contributed by atoms with E-state index >= 15 is 0 Å². The fourth-order valence-electron chi connectivity index (χ4n) is 2.29. The van der Waals surface area contributed by atoms with E-state index < -0.39 is 11.7 Å². The Morgan fingerprint density at radius 1 is 1.13 bits per heavy atom. The van der Waals surface area contributed by atoms with Crippen LogP contribution in [0.3, 0.4) is 0 Å². The molecule has 1 aromatic rings. The zero-order valence-corrected chi connectivity index (χ0v) is 15.2. The van der Waals surface area contributed by atoms with Gasteiger partial charge >= 0.3 is 6.09 Å². The van der Waals surface area contributed by atoms with E-state index in [1.165, 1.54) is 18.4 Å². The molecule has 0 radical (unpaired) electrons. The zero-order chi connectivity index (χ0) is 17.3. The summed E-state index contributed by atoms with van der Waals surface area (Å²) in [5.41, 5.74) is 1.54. The molecule has 1 amide bonds. The molecule has 0 aromatic heterocycles. The number of carbonyl (C=O) groups excluding carboxylic acids is 1. The molecule has 0 saturated carbocycles. The SMILES string of the molecule is CCC(CC)CNCCc1ccc(NC(=O)OC(C)(C)C)cc1. The summed E-state index contributed by atoms with van der Waals surface area (Å²) in [6, 6.07) is 7.93. The minimum atomic E-state index is -0.482. The summed E-state index contributed by atoms with van der Waals surface area (Å²) in [6.45, 7) is 12.1. The predicted molar refractivity (Wildman–Crippen MR) is 96.9 cm³/mol. The van der Waals surface area contributed by atoms with E-state index in [-0.39, 0.29) is 0 Å². The predicted octanol–water partition coefficient (Wildman–Crippen LogP) is 4.60. The van der Waals surface area contributed by atoms with Gasteiger partial charge in [-0.05, 0) is 63.9 Å². The molecule has 1 rings (SSSR count). The van der Waals surface area contributed by atoms with Crippen molar-refractivity contribution in [2.75, 3.05) is 18.4 Å². The summed E-state index contributed by atoms with van der Waals surface area (Å²) in [4.78, 5) is 11.7. The number of rotatable bonds is 8. The number of amides is 1.